The largest absolute Gasteiger partial charge is 0.361 e. The van der Waals surface area contributed by atoms with Crippen LogP contribution in [-0.4, -0.2) is 11.3 Å². The topological polar surface area (TPSA) is 37.2 Å². The number of hydrogen-bond donors (Lipinski definition) is 1. The molecule has 0 amide bonds. The highest BCUT2D eigenvalue weighted by Gasteiger charge is 2.02. The molecule has 3 heteroatoms. The van der Waals surface area contributed by atoms with Crippen molar-refractivity contribution in [1.29, 1.82) is 0 Å². The number of benzene rings is 1. The third kappa shape index (κ3) is 1.09. The number of nitrogens with zero attached hydrogens (tertiary/aromatic N) is 1. The Morgan fingerprint density at radius 2 is 2.31 bits per heavy atom. The lowest BCUT2D eigenvalue weighted by molar-refractivity contribution is 0.112. The minimum atomic E-state index is 0.551. The van der Waals surface area contributed by atoms with Crippen molar-refractivity contribution in [3.05, 3.63) is 41.4 Å². The standard InChI is InChI=1S/C10H6N2O/c1-11-8-2-3-10-9(4-8)7(6-13)5-12-10/h2-6,12H. The first-order chi connectivity index (χ1) is 6.35. The Kier molecular flexibility index (Phi) is 1.60. The SMILES string of the molecule is [C-]#[N+]c1ccc2[nH]cc(C=O)c2c1. The van der Waals surface area contributed by atoms with E-state index in [2.05, 4.69) is 9.83 Å². The molecule has 0 aliphatic rings. The molecule has 2 aromatic rings. The fourth-order valence-corrected chi connectivity index (χ4v) is 1.30. The smallest absolute Gasteiger partial charge is 0.188 e. The number of aldehydes is 1. The number of H-pyrrole nitrogens is 1. The molecule has 1 aromatic heterocycles. The normalized spacial score (nSPS) is 9.77. The van der Waals surface area contributed by atoms with Crippen LogP contribution in [0.5, 0.6) is 0 Å². The molecule has 62 valence electrons. The van der Waals surface area contributed by atoms with Gasteiger partial charge in [0.15, 0.2) is 12.0 Å². The Bertz CT molecular complexity index is 505. The van der Waals surface area contributed by atoms with Gasteiger partial charge < -0.3 is 4.98 Å². The predicted octanol–water partition coefficient (Wildman–Crippen LogP) is 2.53. The predicted molar refractivity (Wildman–Crippen MR) is 49.9 cm³/mol. The molecular weight excluding hydrogens is 164 g/mol. The first-order valence-corrected chi connectivity index (χ1v) is 3.79. The van der Waals surface area contributed by atoms with Gasteiger partial charge in [0.25, 0.3) is 0 Å². The van der Waals surface area contributed by atoms with Crippen molar-refractivity contribution in [1.82, 2.24) is 4.98 Å². The van der Waals surface area contributed by atoms with Crippen molar-refractivity contribution in [2.24, 2.45) is 0 Å². The maximum atomic E-state index is 10.6. The molecule has 0 spiro atoms. The summed E-state index contributed by atoms with van der Waals surface area (Å²) in [5.74, 6) is 0. The van der Waals surface area contributed by atoms with E-state index < -0.39 is 0 Å². The van der Waals surface area contributed by atoms with Crippen LogP contribution in [-0.2, 0) is 0 Å². The lowest BCUT2D eigenvalue weighted by Crippen LogP contribution is -1.73. The molecule has 1 heterocycles. The summed E-state index contributed by atoms with van der Waals surface area (Å²) in [5, 5.41) is 0.809. The van der Waals surface area contributed by atoms with E-state index in [9.17, 15) is 4.79 Å². The third-order valence-electron chi connectivity index (χ3n) is 1.95. The number of aromatic nitrogens is 1. The molecular formula is C10H6N2O. The van der Waals surface area contributed by atoms with Crippen molar-refractivity contribution in [3.8, 4) is 0 Å². The zero-order chi connectivity index (χ0) is 9.26. The van der Waals surface area contributed by atoms with Crippen LogP contribution in [0, 0.1) is 6.57 Å². The number of carbonyl (C=O) groups excluding carboxylic acids is 1. The quantitative estimate of drug-likeness (QED) is 0.518. The van der Waals surface area contributed by atoms with E-state index in [0.29, 0.717) is 11.3 Å². The van der Waals surface area contributed by atoms with Crippen LogP contribution in [0.15, 0.2) is 24.4 Å². The van der Waals surface area contributed by atoms with Crippen LogP contribution in [0.2, 0.25) is 0 Å². The molecule has 3 nitrogen and oxygen atoms in total. The van der Waals surface area contributed by atoms with Gasteiger partial charge in [-0.15, -0.1) is 0 Å². The molecule has 0 fully saturated rings. The highest BCUT2D eigenvalue weighted by molar-refractivity contribution is 5.98. The number of nitrogens with one attached hydrogen (secondary N) is 1. The van der Waals surface area contributed by atoms with Gasteiger partial charge in [-0.05, 0) is 17.5 Å². The monoisotopic (exact) mass is 170 g/mol. The number of fused-ring (bicyclic) bond motifs is 1. The summed E-state index contributed by atoms with van der Waals surface area (Å²) in [4.78, 5) is 16.8. The second-order valence-electron chi connectivity index (χ2n) is 2.70. The highest BCUT2D eigenvalue weighted by Crippen LogP contribution is 2.22. The van der Waals surface area contributed by atoms with Gasteiger partial charge in [0.2, 0.25) is 0 Å². The average molecular weight is 170 g/mol. The van der Waals surface area contributed by atoms with Crippen molar-refractivity contribution in [2.45, 2.75) is 0 Å². The summed E-state index contributed by atoms with van der Waals surface area (Å²) in [6.07, 6.45) is 2.43. The van der Waals surface area contributed by atoms with Crippen LogP contribution in [0.25, 0.3) is 15.7 Å². The molecule has 2 rings (SSSR count). The number of aromatic amines is 1. The Morgan fingerprint density at radius 1 is 1.46 bits per heavy atom. The van der Waals surface area contributed by atoms with E-state index in [1.54, 1.807) is 24.4 Å². The third-order valence-corrected chi connectivity index (χ3v) is 1.95. The number of rotatable bonds is 1. The van der Waals surface area contributed by atoms with Crippen molar-refractivity contribution in [3.63, 3.8) is 0 Å². The minimum Gasteiger partial charge on any atom is -0.361 e. The van der Waals surface area contributed by atoms with Crippen molar-refractivity contribution < 1.29 is 4.79 Å². The molecule has 0 aliphatic heterocycles. The molecule has 1 N–H and O–H groups in total. The van der Waals surface area contributed by atoms with Crippen LogP contribution >= 0.6 is 0 Å². The van der Waals surface area contributed by atoms with E-state index in [-0.39, 0.29) is 0 Å². The molecule has 1 aromatic carbocycles. The molecule has 0 atom stereocenters. The van der Waals surface area contributed by atoms with Gasteiger partial charge in [-0.2, -0.15) is 0 Å². The van der Waals surface area contributed by atoms with E-state index >= 15 is 0 Å². The Hall–Kier alpha value is -2.08. The minimum absolute atomic E-state index is 0.551. The van der Waals surface area contributed by atoms with Crippen LogP contribution < -0.4 is 0 Å². The van der Waals surface area contributed by atoms with Gasteiger partial charge in [-0.1, -0.05) is 6.07 Å². The number of hydrogen-bond acceptors (Lipinski definition) is 1. The number of carbonyl (C=O) groups is 1. The first kappa shape index (κ1) is 7.56. The summed E-state index contributed by atoms with van der Waals surface area (Å²) in [6, 6.07) is 5.23. The lowest BCUT2D eigenvalue weighted by atomic mass is 10.2. The van der Waals surface area contributed by atoms with E-state index in [1.807, 2.05) is 0 Å². The first-order valence-electron chi connectivity index (χ1n) is 3.79. The van der Waals surface area contributed by atoms with Gasteiger partial charge in [-0.3, -0.25) is 4.79 Å². The highest BCUT2D eigenvalue weighted by atomic mass is 16.1. The van der Waals surface area contributed by atoms with Gasteiger partial charge in [-0.25, -0.2) is 4.85 Å². The summed E-state index contributed by atoms with van der Waals surface area (Å²) < 4.78 is 0. The van der Waals surface area contributed by atoms with E-state index in [1.165, 1.54) is 0 Å². The molecule has 0 bridgehead atoms. The van der Waals surface area contributed by atoms with Crippen molar-refractivity contribution in [2.75, 3.05) is 0 Å². The second-order valence-corrected chi connectivity index (χ2v) is 2.70. The summed E-state index contributed by atoms with van der Waals surface area (Å²) in [7, 11) is 0. The zero-order valence-electron chi connectivity index (χ0n) is 6.74. The summed E-state index contributed by atoms with van der Waals surface area (Å²) >= 11 is 0. The van der Waals surface area contributed by atoms with Crippen molar-refractivity contribution >= 4 is 22.9 Å². The van der Waals surface area contributed by atoms with E-state index in [4.69, 9.17) is 6.57 Å². The summed E-state index contributed by atoms with van der Waals surface area (Å²) in [5.41, 5.74) is 2.03. The maximum Gasteiger partial charge on any atom is 0.188 e. The fraction of sp³-hybridized carbons (Fsp3) is 0. The molecule has 0 unspecified atom stereocenters. The Balaban J connectivity index is 2.80. The zero-order valence-corrected chi connectivity index (χ0v) is 6.74. The van der Waals surface area contributed by atoms with Crippen LogP contribution in [0.1, 0.15) is 10.4 Å². The fourth-order valence-electron chi connectivity index (χ4n) is 1.30. The maximum absolute atomic E-state index is 10.6. The van der Waals surface area contributed by atoms with Gasteiger partial charge >= 0.3 is 0 Å². The molecule has 0 saturated carbocycles. The average Bonchev–Trinajstić information content (AvgIpc) is 2.59. The van der Waals surface area contributed by atoms with Gasteiger partial charge in [0.05, 0.1) is 6.57 Å². The molecule has 0 aliphatic carbocycles. The summed E-state index contributed by atoms with van der Waals surface area (Å²) in [6.45, 7) is 6.83. The molecule has 0 saturated heterocycles. The van der Waals surface area contributed by atoms with Crippen LogP contribution in [0.4, 0.5) is 5.69 Å². The Labute approximate surface area is 74.8 Å². The van der Waals surface area contributed by atoms with E-state index in [0.717, 1.165) is 17.2 Å². The molecule has 13 heavy (non-hydrogen) atoms. The second kappa shape index (κ2) is 2.76. The van der Waals surface area contributed by atoms with Gasteiger partial charge in [0.1, 0.15) is 0 Å². The molecule has 0 radical (unpaired) electrons. The van der Waals surface area contributed by atoms with Crippen LogP contribution in [0.3, 0.4) is 0 Å². The Morgan fingerprint density at radius 3 is 3.00 bits per heavy atom. The lowest BCUT2D eigenvalue weighted by Gasteiger charge is -1.91. The van der Waals surface area contributed by atoms with Gasteiger partial charge in [0, 0.05) is 17.3 Å².